The van der Waals surface area contributed by atoms with Gasteiger partial charge in [0, 0.05) is 17.8 Å². The summed E-state index contributed by atoms with van der Waals surface area (Å²) >= 11 is 0. The third-order valence-electron chi connectivity index (χ3n) is 3.52. The minimum Gasteiger partial charge on any atom is -0.471 e. The fourth-order valence-corrected chi connectivity index (χ4v) is 1.95. The molecule has 3 nitrogen and oxygen atoms in total. The highest BCUT2D eigenvalue weighted by atomic mass is 16.5. The van der Waals surface area contributed by atoms with Gasteiger partial charge in [0.1, 0.15) is 5.60 Å². The average molecular weight is 278 g/mol. The van der Waals surface area contributed by atoms with Gasteiger partial charge in [-0.15, -0.1) is 0 Å². The van der Waals surface area contributed by atoms with Crippen molar-refractivity contribution in [3.05, 3.63) is 22.9 Å². The number of nitrogens with one attached hydrogen (secondary N) is 1. The first-order valence-electron chi connectivity index (χ1n) is 7.62. The van der Waals surface area contributed by atoms with Crippen molar-refractivity contribution < 1.29 is 4.74 Å². The fraction of sp³-hybridized carbons (Fsp3) is 0.706. The molecule has 0 spiro atoms. The van der Waals surface area contributed by atoms with Gasteiger partial charge in [0.05, 0.1) is 0 Å². The molecule has 0 bridgehead atoms. The summed E-state index contributed by atoms with van der Waals surface area (Å²) in [5.41, 5.74) is 3.26. The first kappa shape index (κ1) is 17.0. The van der Waals surface area contributed by atoms with Crippen molar-refractivity contribution >= 4 is 0 Å². The van der Waals surface area contributed by atoms with Crippen LogP contribution in [-0.2, 0) is 6.54 Å². The van der Waals surface area contributed by atoms with Crippen LogP contribution in [0.4, 0.5) is 0 Å². The first-order valence-corrected chi connectivity index (χ1v) is 7.62. The number of aromatic nitrogens is 1. The lowest BCUT2D eigenvalue weighted by Gasteiger charge is -2.26. The van der Waals surface area contributed by atoms with E-state index in [2.05, 4.69) is 57.9 Å². The zero-order valence-corrected chi connectivity index (χ0v) is 14.1. The zero-order valence-electron chi connectivity index (χ0n) is 14.1. The van der Waals surface area contributed by atoms with E-state index in [4.69, 9.17) is 4.74 Å². The molecule has 114 valence electrons. The van der Waals surface area contributed by atoms with Crippen molar-refractivity contribution in [1.82, 2.24) is 10.3 Å². The van der Waals surface area contributed by atoms with Crippen LogP contribution in [0.2, 0.25) is 0 Å². The first-order chi connectivity index (χ1) is 9.25. The lowest BCUT2D eigenvalue weighted by Crippen LogP contribution is -2.29. The lowest BCUT2D eigenvalue weighted by atomic mass is 10.1. The molecule has 1 N–H and O–H groups in total. The van der Waals surface area contributed by atoms with E-state index in [0.717, 1.165) is 31.1 Å². The molecule has 3 heteroatoms. The molecule has 0 amide bonds. The molecule has 0 aromatic carbocycles. The van der Waals surface area contributed by atoms with Crippen molar-refractivity contribution in [3.63, 3.8) is 0 Å². The normalized spacial score (nSPS) is 12.0. The van der Waals surface area contributed by atoms with Crippen LogP contribution in [0.1, 0.15) is 57.9 Å². The number of pyridine rings is 1. The zero-order chi connectivity index (χ0) is 15.3. The van der Waals surface area contributed by atoms with E-state index in [1.807, 2.05) is 6.92 Å². The third kappa shape index (κ3) is 5.12. The van der Waals surface area contributed by atoms with E-state index in [-0.39, 0.29) is 5.60 Å². The van der Waals surface area contributed by atoms with Crippen LogP contribution < -0.4 is 10.1 Å². The van der Waals surface area contributed by atoms with E-state index in [1.54, 1.807) is 0 Å². The SMILES string of the molecule is CCC(C)(C)Oc1nc(C)cc(C)c1CNCC(C)C. The molecule has 0 atom stereocenters. The Morgan fingerprint density at radius 2 is 1.95 bits per heavy atom. The molecule has 0 saturated heterocycles. The Balaban J connectivity index is 2.95. The Labute approximate surface area is 124 Å². The molecular weight excluding hydrogens is 248 g/mol. The quantitative estimate of drug-likeness (QED) is 0.818. The van der Waals surface area contributed by atoms with Crippen LogP contribution >= 0.6 is 0 Å². The van der Waals surface area contributed by atoms with Crippen molar-refractivity contribution in [2.45, 2.75) is 67.0 Å². The maximum atomic E-state index is 6.15. The predicted octanol–water partition coefficient (Wildman–Crippen LogP) is 4.01. The molecule has 1 aromatic rings. The summed E-state index contributed by atoms with van der Waals surface area (Å²) in [5, 5.41) is 3.49. The summed E-state index contributed by atoms with van der Waals surface area (Å²) in [5.74, 6) is 1.43. The highest BCUT2D eigenvalue weighted by molar-refractivity contribution is 5.36. The van der Waals surface area contributed by atoms with Crippen molar-refractivity contribution in [1.29, 1.82) is 0 Å². The van der Waals surface area contributed by atoms with Crippen LogP contribution in [0.3, 0.4) is 0 Å². The second-order valence-corrected chi connectivity index (χ2v) is 6.60. The van der Waals surface area contributed by atoms with Crippen LogP contribution in [-0.4, -0.2) is 17.1 Å². The minimum atomic E-state index is -0.181. The lowest BCUT2D eigenvalue weighted by molar-refractivity contribution is 0.0970. The summed E-state index contributed by atoms with van der Waals surface area (Å²) in [7, 11) is 0. The van der Waals surface area contributed by atoms with E-state index in [1.165, 1.54) is 11.1 Å². The molecule has 1 rings (SSSR count). The Morgan fingerprint density at radius 1 is 1.30 bits per heavy atom. The molecule has 0 saturated carbocycles. The van der Waals surface area contributed by atoms with Gasteiger partial charge in [-0.1, -0.05) is 20.8 Å². The molecule has 1 heterocycles. The smallest absolute Gasteiger partial charge is 0.218 e. The van der Waals surface area contributed by atoms with Crippen molar-refractivity contribution in [3.8, 4) is 5.88 Å². The maximum absolute atomic E-state index is 6.15. The Morgan fingerprint density at radius 3 is 2.50 bits per heavy atom. The van der Waals surface area contributed by atoms with E-state index in [9.17, 15) is 0 Å². The maximum Gasteiger partial charge on any atom is 0.218 e. The monoisotopic (exact) mass is 278 g/mol. The average Bonchev–Trinajstić information content (AvgIpc) is 2.31. The molecule has 0 aliphatic carbocycles. The van der Waals surface area contributed by atoms with Crippen LogP contribution in [0.15, 0.2) is 6.07 Å². The van der Waals surface area contributed by atoms with Gasteiger partial charge in [-0.2, -0.15) is 0 Å². The number of nitrogens with zero attached hydrogens (tertiary/aromatic N) is 1. The van der Waals surface area contributed by atoms with Gasteiger partial charge >= 0.3 is 0 Å². The Hall–Kier alpha value is -1.09. The molecule has 0 unspecified atom stereocenters. The Bertz CT molecular complexity index is 439. The van der Waals surface area contributed by atoms with E-state index >= 15 is 0 Å². The second kappa shape index (κ2) is 7.07. The van der Waals surface area contributed by atoms with Crippen molar-refractivity contribution in [2.75, 3.05) is 6.54 Å². The molecule has 0 aliphatic rings. The number of rotatable bonds is 7. The molecule has 0 radical (unpaired) electrons. The standard InChI is InChI=1S/C17H30N2O/c1-8-17(6,7)20-16-15(11-18-10-12(2)3)13(4)9-14(5)19-16/h9,12,18H,8,10-11H2,1-7H3. The highest BCUT2D eigenvalue weighted by Crippen LogP contribution is 2.26. The molecule has 1 aromatic heterocycles. The van der Waals surface area contributed by atoms with E-state index in [0.29, 0.717) is 5.92 Å². The van der Waals surface area contributed by atoms with Crippen molar-refractivity contribution in [2.24, 2.45) is 5.92 Å². The number of ether oxygens (including phenoxy) is 1. The molecule has 20 heavy (non-hydrogen) atoms. The van der Waals surface area contributed by atoms with Crippen LogP contribution in [0, 0.1) is 19.8 Å². The van der Waals surface area contributed by atoms with Crippen LogP contribution in [0.5, 0.6) is 5.88 Å². The van der Waals surface area contributed by atoms with Gasteiger partial charge < -0.3 is 10.1 Å². The van der Waals surface area contributed by atoms with Crippen LogP contribution in [0.25, 0.3) is 0 Å². The van der Waals surface area contributed by atoms with E-state index < -0.39 is 0 Å². The number of aryl methyl sites for hydroxylation is 2. The third-order valence-corrected chi connectivity index (χ3v) is 3.52. The van der Waals surface area contributed by atoms with Gasteiger partial charge in [-0.3, -0.25) is 0 Å². The second-order valence-electron chi connectivity index (χ2n) is 6.60. The topological polar surface area (TPSA) is 34.1 Å². The fourth-order valence-electron chi connectivity index (χ4n) is 1.95. The predicted molar refractivity (Wildman–Crippen MR) is 85.3 cm³/mol. The summed E-state index contributed by atoms with van der Waals surface area (Å²) in [6.45, 7) is 16.7. The van der Waals surface area contributed by atoms with Gasteiger partial charge in [0.25, 0.3) is 0 Å². The number of hydrogen-bond donors (Lipinski definition) is 1. The van der Waals surface area contributed by atoms with Gasteiger partial charge in [-0.05, 0) is 58.2 Å². The minimum absolute atomic E-state index is 0.181. The summed E-state index contributed by atoms with van der Waals surface area (Å²) in [6.07, 6.45) is 0.959. The van der Waals surface area contributed by atoms with Gasteiger partial charge in [0.15, 0.2) is 0 Å². The van der Waals surface area contributed by atoms with Gasteiger partial charge in [0.2, 0.25) is 5.88 Å². The highest BCUT2D eigenvalue weighted by Gasteiger charge is 2.21. The largest absolute Gasteiger partial charge is 0.471 e. The number of hydrogen-bond acceptors (Lipinski definition) is 3. The molecular formula is C17H30N2O. The summed E-state index contributed by atoms with van der Waals surface area (Å²) in [4.78, 5) is 4.60. The molecule has 0 fully saturated rings. The summed E-state index contributed by atoms with van der Waals surface area (Å²) < 4.78 is 6.15. The summed E-state index contributed by atoms with van der Waals surface area (Å²) in [6, 6.07) is 2.12. The molecule has 0 aliphatic heterocycles. The Kier molecular flexibility index (Phi) is 6.00. The van der Waals surface area contributed by atoms with Gasteiger partial charge in [-0.25, -0.2) is 4.98 Å².